The van der Waals surface area contributed by atoms with Crippen molar-refractivity contribution >= 4 is 17.6 Å². The number of carbonyl (C=O) groups excluding carboxylic acids is 2. The number of carbonyl (C=O) groups is 2. The maximum Gasteiger partial charge on any atom is 0.349 e. The topological polar surface area (TPSA) is 67.9 Å². The summed E-state index contributed by atoms with van der Waals surface area (Å²) in [4.78, 5) is 28.0. The molecule has 0 fully saturated rings. The summed E-state index contributed by atoms with van der Waals surface area (Å²) in [6.45, 7) is 14.4. The second kappa shape index (κ2) is 14.7. The summed E-state index contributed by atoms with van der Waals surface area (Å²) < 4.78 is 39.9. The zero-order chi connectivity index (χ0) is 33.8. The number of ether oxygens (including phenoxy) is 2. The van der Waals surface area contributed by atoms with E-state index in [1.54, 1.807) is 26.0 Å². The first kappa shape index (κ1) is 34.9. The van der Waals surface area contributed by atoms with Gasteiger partial charge in [0, 0.05) is 35.8 Å². The van der Waals surface area contributed by atoms with Crippen molar-refractivity contribution in [2.45, 2.75) is 97.8 Å². The average molecular weight is 635 g/mol. The summed E-state index contributed by atoms with van der Waals surface area (Å²) in [6.07, 6.45) is 3.34. The second-order valence-electron chi connectivity index (χ2n) is 13.5. The SMILES string of the molecule is CCCCc1cc(F)cc([C@H](C)NC(=O)c2ccc3c(c2)N(CC(C)C)C(C)C3Cc2cc(F)cc(OC(C)(C)C(=O)OC)c2)c1. The molecule has 1 N–H and O–H groups in total. The van der Waals surface area contributed by atoms with Crippen LogP contribution < -0.4 is 15.0 Å². The van der Waals surface area contributed by atoms with E-state index in [1.165, 1.54) is 25.3 Å². The van der Waals surface area contributed by atoms with E-state index in [4.69, 9.17) is 9.47 Å². The van der Waals surface area contributed by atoms with Crippen LogP contribution in [0.1, 0.15) is 106 Å². The summed E-state index contributed by atoms with van der Waals surface area (Å²) in [5.74, 6) is -0.866. The highest BCUT2D eigenvalue weighted by Gasteiger charge is 2.37. The average Bonchev–Trinajstić information content (AvgIpc) is 3.23. The van der Waals surface area contributed by atoms with E-state index in [9.17, 15) is 18.4 Å². The van der Waals surface area contributed by atoms with Gasteiger partial charge in [-0.25, -0.2) is 13.6 Å². The molecule has 3 aromatic rings. The first-order valence-corrected chi connectivity index (χ1v) is 16.3. The Morgan fingerprint density at radius 1 is 0.978 bits per heavy atom. The lowest BCUT2D eigenvalue weighted by molar-refractivity contribution is -0.156. The molecule has 0 aromatic heterocycles. The lowest BCUT2D eigenvalue weighted by Gasteiger charge is -2.29. The first-order chi connectivity index (χ1) is 21.7. The quantitative estimate of drug-likeness (QED) is 0.192. The van der Waals surface area contributed by atoms with Crippen LogP contribution in [-0.4, -0.2) is 37.2 Å². The van der Waals surface area contributed by atoms with Crippen molar-refractivity contribution in [2.75, 3.05) is 18.6 Å². The predicted molar refractivity (Wildman–Crippen MR) is 179 cm³/mol. The number of halogens is 2. The number of nitrogens with one attached hydrogen (secondary N) is 1. The van der Waals surface area contributed by atoms with Crippen LogP contribution in [0.3, 0.4) is 0 Å². The molecule has 4 rings (SSSR count). The van der Waals surface area contributed by atoms with Gasteiger partial charge in [-0.2, -0.15) is 0 Å². The van der Waals surface area contributed by atoms with Crippen LogP contribution in [0.5, 0.6) is 5.75 Å². The molecule has 0 saturated carbocycles. The highest BCUT2D eigenvalue weighted by Crippen LogP contribution is 2.44. The summed E-state index contributed by atoms with van der Waals surface area (Å²) >= 11 is 0. The molecule has 1 amide bonds. The van der Waals surface area contributed by atoms with E-state index in [0.717, 1.165) is 53.7 Å². The molecule has 6 nitrogen and oxygen atoms in total. The van der Waals surface area contributed by atoms with E-state index < -0.39 is 17.4 Å². The number of methoxy groups -OCH3 is 1. The highest BCUT2D eigenvalue weighted by molar-refractivity contribution is 5.96. The van der Waals surface area contributed by atoms with Gasteiger partial charge < -0.3 is 19.7 Å². The second-order valence-corrected chi connectivity index (χ2v) is 13.5. The molecule has 248 valence electrons. The summed E-state index contributed by atoms with van der Waals surface area (Å²) in [5, 5.41) is 3.06. The maximum atomic E-state index is 14.8. The largest absolute Gasteiger partial charge is 0.476 e. The molecule has 3 atom stereocenters. The highest BCUT2D eigenvalue weighted by atomic mass is 19.1. The molecular weight excluding hydrogens is 586 g/mol. The fourth-order valence-electron chi connectivity index (χ4n) is 6.33. The fourth-order valence-corrected chi connectivity index (χ4v) is 6.33. The molecule has 8 heteroatoms. The number of hydrogen-bond donors (Lipinski definition) is 1. The van der Waals surface area contributed by atoms with Gasteiger partial charge in [-0.1, -0.05) is 39.3 Å². The number of anilines is 1. The zero-order valence-corrected chi connectivity index (χ0v) is 28.4. The Morgan fingerprint density at radius 3 is 2.35 bits per heavy atom. The Labute approximate surface area is 272 Å². The summed E-state index contributed by atoms with van der Waals surface area (Å²) in [6, 6.07) is 15.0. The fraction of sp³-hybridized carbons (Fsp3) is 0.474. The monoisotopic (exact) mass is 634 g/mol. The first-order valence-electron chi connectivity index (χ1n) is 16.3. The van der Waals surface area contributed by atoms with Gasteiger partial charge in [-0.15, -0.1) is 0 Å². The number of benzene rings is 3. The number of rotatable bonds is 13. The number of nitrogens with zero attached hydrogens (tertiary/aromatic N) is 1. The van der Waals surface area contributed by atoms with Gasteiger partial charge in [0.2, 0.25) is 0 Å². The Hall–Kier alpha value is -3.94. The molecule has 0 bridgehead atoms. The van der Waals surface area contributed by atoms with Gasteiger partial charge in [0.1, 0.15) is 17.4 Å². The van der Waals surface area contributed by atoms with E-state index in [2.05, 4.69) is 37.9 Å². The van der Waals surface area contributed by atoms with Gasteiger partial charge in [0.15, 0.2) is 5.60 Å². The molecule has 1 aliphatic heterocycles. The van der Waals surface area contributed by atoms with E-state index in [1.807, 2.05) is 31.2 Å². The van der Waals surface area contributed by atoms with Crippen LogP contribution in [0.25, 0.3) is 0 Å². The van der Waals surface area contributed by atoms with Crippen molar-refractivity contribution in [2.24, 2.45) is 5.92 Å². The Balaban J connectivity index is 1.59. The minimum Gasteiger partial charge on any atom is -0.476 e. The van der Waals surface area contributed by atoms with Gasteiger partial charge >= 0.3 is 5.97 Å². The van der Waals surface area contributed by atoms with Gasteiger partial charge in [0.25, 0.3) is 5.91 Å². The van der Waals surface area contributed by atoms with Crippen LogP contribution in [-0.2, 0) is 22.4 Å². The summed E-state index contributed by atoms with van der Waals surface area (Å²) in [7, 11) is 1.29. The van der Waals surface area contributed by atoms with E-state index >= 15 is 0 Å². The molecule has 0 spiro atoms. The minimum atomic E-state index is -1.28. The maximum absolute atomic E-state index is 14.8. The number of esters is 1. The Morgan fingerprint density at radius 2 is 1.67 bits per heavy atom. The smallest absolute Gasteiger partial charge is 0.349 e. The van der Waals surface area contributed by atoms with Crippen molar-refractivity contribution in [1.29, 1.82) is 0 Å². The molecule has 3 aromatic carbocycles. The van der Waals surface area contributed by atoms with Crippen molar-refractivity contribution < 1.29 is 27.8 Å². The Bertz CT molecular complexity index is 1550. The Kier molecular flexibility index (Phi) is 11.1. The predicted octanol–water partition coefficient (Wildman–Crippen LogP) is 8.32. The summed E-state index contributed by atoms with van der Waals surface area (Å²) in [5.41, 5.74) is 3.74. The lowest BCUT2D eigenvalue weighted by atomic mass is 9.88. The molecule has 2 unspecified atom stereocenters. The van der Waals surface area contributed by atoms with Crippen LogP contribution in [0.2, 0.25) is 0 Å². The zero-order valence-electron chi connectivity index (χ0n) is 28.4. The molecule has 0 radical (unpaired) electrons. The lowest BCUT2D eigenvalue weighted by Crippen LogP contribution is -2.39. The third kappa shape index (κ3) is 8.25. The number of unbranched alkanes of at least 4 members (excludes halogenated alkanes) is 1. The van der Waals surface area contributed by atoms with Crippen molar-refractivity contribution in [3.63, 3.8) is 0 Å². The van der Waals surface area contributed by atoms with Crippen molar-refractivity contribution in [1.82, 2.24) is 5.32 Å². The molecule has 0 aliphatic carbocycles. The normalized spacial score (nSPS) is 16.7. The molecule has 0 saturated heterocycles. The number of aryl methyl sites for hydroxylation is 1. The van der Waals surface area contributed by atoms with Gasteiger partial charge in [0.05, 0.1) is 13.2 Å². The van der Waals surface area contributed by atoms with Crippen LogP contribution in [0, 0.1) is 17.6 Å². The van der Waals surface area contributed by atoms with Crippen molar-refractivity contribution in [3.8, 4) is 5.75 Å². The minimum absolute atomic E-state index is 0.0295. The number of amides is 1. The number of fused-ring (bicyclic) bond motifs is 1. The standard InChI is InChI=1S/C38H48F2N2O4/c1-9-10-11-26-14-29(19-30(39)15-26)24(4)41-36(43)28-12-13-33-34(25(5)42(22-23(2)3)35(33)20-28)18-27-16-31(40)21-32(17-27)46-38(6,7)37(44)45-8/h12-17,19-21,23-25,34H,9-11,18,22H2,1-8H3,(H,41,43)/t24-,25?,34?/m0/s1. The van der Waals surface area contributed by atoms with Crippen LogP contribution in [0.4, 0.5) is 14.5 Å². The number of hydrogen-bond acceptors (Lipinski definition) is 5. The molecular formula is C38H48F2N2O4. The molecule has 1 heterocycles. The van der Waals surface area contributed by atoms with Crippen molar-refractivity contribution in [3.05, 3.63) is 94.0 Å². The van der Waals surface area contributed by atoms with Gasteiger partial charge in [-0.3, -0.25) is 4.79 Å². The third-order valence-electron chi connectivity index (χ3n) is 8.72. The van der Waals surface area contributed by atoms with E-state index in [-0.39, 0.29) is 35.5 Å². The molecule has 1 aliphatic rings. The van der Waals surface area contributed by atoms with Crippen LogP contribution in [0.15, 0.2) is 54.6 Å². The van der Waals surface area contributed by atoms with E-state index in [0.29, 0.717) is 17.9 Å². The van der Waals surface area contributed by atoms with Crippen LogP contribution >= 0.6 is 0 Å². The third-order valence-corrected chi connectivity index (χ3v) is 8.72. The molecule has 46 heavy (non-hydrogen) atoms. The van der Waals surface area contributed by atoms with Gasteiger partial charge in [-0.05, 0) is 112 Å².